The van der Waals surface area contributed by atoms with Crippen LogP contribution in [-0.2, 0) is 20.4 Å². The van der Waals surface area contributed by atoms with Crippen molar-refractivity contribution in [1.29, 1.82) is 0 Å². The van der Waals surface area contributed by atoms with Crippen molar-refractivity contribution in [3.8, 4) is 0 Å². The van der Waals surface area contributed by atoms with Crippen LogP contribution in [0.4, 0.5) is 0 Å². The van der Waals surface area contributed by atoms with Gasteiger partial charge in [-0.1, -0.05) is 30.7 Å². The minimum atomic E-state index is -3.51. The van der Waals surface area contributed by atoms with E-state index in [2.05, 4.69) is 5.32 Å². The number of carbonyl (C=O) groups excluding carboxylic acids is 1. The first-order valence-electron chi connectivity index (χ1n) is 6.10. The summed E-state index contributed by atoms with van der Waals surface area (Å²) in [4.78, 5) is 11.7. The molecule has 0 saturated carbocycles. The van der Waals surface area contributed by atoms with Gasteiger partial charge in [0, 0.05) is 11.6 Å². The fraction of sp³-hybridized carbons (Fsp3) is 0.462. The molecular formula is C13H18ClNO3S. The quantitative estimate of drug-likeness (QED) is 0.876. The fourth-order valence-electron chi connectivity index (χ4n) is 1.49. The van der Waals surface area contributed by atoms with Crippen LogP contribution in [-0.4, -0.2) is 26.1 Å². The van der Waals surface area contributed by atoms with Crippen LogP contribution < -0.4 is 5.32 Å². The Balaban J connectivity index is 2.75. The summed E-state index contributed by atoms with van der Waals surface area (Å²) in [5, 5.41) is 2.10. The first-order valence-corrected chi connectivity index (χ1v) is 8.20. The van der Waals surface area contributed by atoms with Gasteiger partial charge in [-0.2, -0.15) is 0 Å². The lowest BCUT2D eigenvalue weighted by molar-refractivity contribution is -0.120. The van der Waals surface area contributed by atoms with Gasteiger partial charge in [-0.25, -0.2) is 8.42 Å². The van der Waals surface area contributed by atoms with Gasteiger partial charge in [-0.05, 0) is 31.0 Å². The minimum Gasteiger partial charge on any atom is -0.355 e. The first kappa shape index (κ1) is 16.0. The lowest BCUT2D eigenvalue weighted by atomic mass is 10.2. The highest BCUT2D eigenvalue weighted by Crippen LogP contribution is 2.14. The number of hydrogen-bond donors (Lipinski definition) is 1. The maximum Gasteiger partial charge on any atom is 0.238 e. The molecule has 6 heteroatoms. The number of sulfone groups is 1. The molecule has 0 saturated heterocycles. The highest BCUT2D eigenvalue weighted by molar-refractivity contribution is 7.92. The predicted molar refractivity (Wildman–Crippen MR) is 76.8 cm³/mol. The molecule has 0 aliphatic carbocycles. The molecule has 1 N–H and O–H groups in total. The number of hydrogen-bond acceptors (Lipinski definition) is 3. The van der Waals surface area contributed by atoms with Gasteiger partial charge in [0.25, 0.3) is 0 Å². The fourth-order valence-corrected chi connectivity index (χ4v) is 2.94. The van der Waals surface area contributed by atoms with Crippen LogP contribution in [0.3, 0.4) is 0 Å². The Kier molecular flexibility index (Phi) is 5.82. The van der Waals surface area contributed by atoms with E-state index in [1.54, 1.807) is 24.3 Å². The molecule has 1 amide bonds. The van der Waals surface area contributed by atoms with Crippen LogP contribution in [0.5, 0.6) is 0 Å². The standard InChI is InChI=1S/C13H18ClNO3S/c1-3-8-15-13(16)10(2)19(17,18)9-11-4-6-12(14)7-5-11/h4-7,10H,3,8-9H2,1-2H3,(H,15,16). The van der Waals surface area contributed by atoms with Crippen molar-refractivity contribution in [1.82, 2.24) is 5.32 Å². The molecule has 0 spiro atoms. The number of benzene rings is 1. The van der Waals surface area contributed by atoms with Gasteiger partial charge < -0.3 is 5.32 Å². The van der Waals surface area contributed by atoms with Crippen LogP contribution in [0, 0.1) is 0 Å². The Bertz CT molecular complexity index is 525. The number of rotatable bonds is 6. The Labute approximate surface area is 119 Å². The molecule has 1 aromatic rings. The summed E-state index contributed by atoms with van der Waals surface area (Å²) in [6.07, 6.45) is 0.774. The number of halogens is 1. The zero-order valence-electron chi connectivity index (χ0n) is 11.0. The third kappa shape index (κ3) is 4.84. The van der Waals surface area contributed by atoms with Crippen LogP contribution in [0.2, 0.25) is 5.02 Å². The van der Waals surface area contributed by atoms with E-state index in [-0.39, 0.29) is 5.75 Å². The molecule has 0 aliphatic heterocycles. The molecule has 1 aromatic carbocycles. The number of amides is 1. The van der Waals surface area contributed by atoms with Gasteiger partial charge in [-0.3, -0.25) is 4.79 Å². The topological polar surface area (TPSA) is 63.2 Å². The average molecular weight is 304 g/mol. The molecule has 19 heavy (non-hydrogen) atoms. The predicted octanol–water partition coefficient (Wildman–Crippen LogP) is 2.17. The zero-order valence-corrected chi connectivity index (χ0v) is 12.6. The second-order valence-electron chi connectivity index (χ2n) is 4.37. The zero-order chi connectivity index (χ0) is 14.5. The molecule has 0 bridgehead atoms. The van der Waals surface area contributed by atoms with Crippen molar-refractivity contribution in [2.75, 3.05) is 6.54 Å². The SMILES string of the molecule is CCCNC(=O)C(C)S(=O)(=O)Cc1ccc(Cl)cc1. The highest BCUT2D eigenvalue weighted by Gasteiger charge is 2.27. The Hall–Kier alpha value is -1.07. The van der Waals surface area contributed by atoms with Crippen molar-refractivity contribution in [3.63, 3.8) is 0 Å². The van der Waals surface area contributed by atoms with Gasteiger partial charge in [0.1, 0.15) is 5.25 Å². The summed E-state index contributed by atoms with van der Waals surface area (Å²) >= 11 is 5.74. The molecule has 0 aromatic heterocycles. The van der Waals surface area contributed by atoms with Crippen molar-refractivity contribution in [2.45, 2.75) is 31.3 Å². The molecule has 1 rings (SSSR count). The van der Waals surface area contributed by atoms with Crippen molar-refractivity contribution >= 4 is 27.3 Å². The van der Waals surface area contributed by atoms with E-state index in [9.17, 15) is 13.2 Å². The molecule has 0 fully saturated rings. The van der Waals surface area contributed by atoms with Gasteiger partial charge in [-0.15, -0.1) is 0 Å². The lowest BCUT2D eigenvalue weighted by Crippen LogP contribution is -2.38. The van der Waals surface area contributed by atoms with Crippen molar-refractivity contribution in [3.05, 3.63) is 34.9 Å². The largest absolute Gasteiger partial charge is 0.355 e. The normalized spacial score (nSPS) is 13.0. The highest BCUT2D eigenvalue weighted by atomic mass is 35.5. The Morgan fingerprint density at radius 3 is 2.42 bits per heavy atom. The summed E-state index contributed by atoms with van der Waals surface area (Å²) in [5.41, 5.74) is 0.625. The molecule has 106 valence electrons. The van der Waals surface area contributed by atoms with E-state index in [0.29, 0.717) is 17.1 Å². The van der Waals surface area contributed by atoms with Crippen LogP contribution >= 0.6 is 11.6 Å². The maximum atomic E-state index is 12.1. The van der Waals surface area contributed by atoms with Crippen LogP contribution in [0.15, 0.2) is 24.3 Å². The van der Waals surface area contributed by atoms with E-state index >= 15 is 0 Å². The number of nitrogens with one attached hydrogen (secondary N) is 1. The second-order valence-corrected chi connectivity index (χ2v) is 7.12. The van der Waals surface area contributed by atoms with E-state index in [0.717, 1.165) is 6.42 Å². The summed E-state index contributed by atoms with van der Waals surface area (Å²) in [5.74, 6) is -0.610. The number of carbonyl (C=O) groups is 1. The molecule has 0 aliphatic rings. The van der Waals surface area contributed by atoms with E-state index < -0.39 is 21.0 Å². The van der Waals surface area contributed by atoms with Crippen molar-refractivity contribution < 1.29 is 13.2 Å². The molecule has 1 atom stereocenters. The summed E-state index contributed by atoms with van der Waals surface area (Å²) in [6.45, 7) is 3.81. The molecule has 0 radical (unpaired) electrons. The maximum absolute atomic E-state index is 12.1. The molecule has 4 nitrogen and oxygen atoms in total. The van der Waals surface area contributed by atoms with Crippen molar-refractivity contribution in [2.24, 2.45) is 0 Å². The van der Waals surface area contributed by atoms with E-state index in [4.69, 9.17) is 11.6 Å². The molecule has 1 unspecified atom stereocenters. The average Bonchev–Trinajstić information content (AvgIpc) is 2.37. The summed E-state index contributed by atoms with van der Waals surface area (Å²) in [6, 6.07) is 6.57. The van der Waals surface area contributed by atoms with Gasteiger partial charge in [0.2, 0.25) is 5.91 Å². The summed E-state index contributed by atoms with van der Waals surface area (Å²) < 4.78 is 24.2. The summed E-state index contributed by atoms with van der Waals surface area (Å²) in [7, 11) is -3.51. The van der Waals surface area contributed by atoms with Crippen LogP contribution in [0.1, 0.15) is 25.8 Å². The smallest absolute Gasteiger partial charge is 0.238 e. The second kappa shape index (κ2) is 6.91. The Morgan fingerprint density at radius 2 is 1.89 bits per heavy atom. The van der Waals surface area contributed by atoms with Gasteiger partial charge in [0.05, 0.1) is 5.75 Å². The third-order valence-corrected chi connectivity index (χ3v) is 5.02. The van der Waals surface area contributed by atoms with Gasteiger partial charge in [0.15, 0.2) is 9.84 Å². The molecule has 0 heterocycles. The first-order chi connectivity index (χ1) is 8.86. The van der Waals surface area contributed by atoms with E-state index in [1.165, 1.54) is 6.92 Å². The monoisotopic (exact) mass is 303 g/mol. The Morgan fingerprint density at radius 1 is 1.32 bits per heavy atom. The third-order valence-electron chi connectivity index (χ3n) is 2.74. The molecular weight excluding hydrogens is 286 g/mol. The van der Waals surface area contributed by atoms with Gasteiger partial charge >= 0.3 is 0 Å². The lowest BCUT2D eigenvalue weighted by Gasteiger charge is -2.13. The van der Waals surface area contributed by atoms with Crippen LogP contribution in [0.25, 0.3) is 0 Å². The minimum absolute atomic E-state index is 0.162. The van der Waals surface area contributed by atoms with E-state index in [1.807, 2.05) is 6.92 Å².